The second kappa shape index (κ2) is 5.27. The summed E-state index contributed by atoms with van der Waals surface area (Å²) in [6.45, 7) is 0. The van der Waals surface area contributed by atoms with E-state index in [1.54, 1.807) is 17.8 Å². The van der Waals surface area contributed by atoms with Gasteiger partial charge >= 0.3 is 0 Å². The number of thioether (sulfide) groups is 1. The molecule has 1 heterocycles. The molecule has 1 atom stereocenters. The smallest absolute Gasteiger partial charge is 0.225 e. The summed E-state index contributed by atoms with van der Waals surface area (Å²) in [5.41, 5.74) is 1.98. The predicted octanol–water partition coefficient (Wildman–Crippen LogP) is 4.52. The molecule has 0 saturated heterocycles. The zero-order chi connectivity index (χ0) is 13.2. The molecule has 1 aliphatic heterocycles. The summed E-state index contributed by atoms with van der Waals surface area (Å²) in [7, 11) is 0. The van der Waals surface area contributed by atoms with Crippen molar-refractivity contribution in [2.24, 2.45) is 0 Å². The minimum atomic E-state index is 0.0300. The number of carbonyl (C=O) groups excluding carboxylic acids is 1. The molecular formula is C15H12ClNOS. The molecule has 19 heavy (non-hydrogen) atoms. The van der Waals surface area contributed by atoms with Crippen LogP contribution in [0.15, 0.2) is 53.4 Å². The van der Waals surface area contributed by atoms with Gasteiger partial charge in [0.05, 0.1) is 5.69 Å². The van der Waals surface area contributed by atoms with E-state index in [1.165, 1.54) is 5.56 Å². The normalized spacial score (nSPS) is 18.4. The van der Waals surface area contributed by atoms with Crippen LogP contribution in [0.5, 0.6) is 0 Å². The lowest BCUT2D eigenvalue weighted by molar-refractivity contribution is -0.116. The van der Waals surface area contributed by atoms with Crippen LogP contribution in [0.3, 0.4) is 0 Å². The summed E-state index contributed by atoms with van der Waals surface area (Å²) in [5.74, 6) is 0.0300. The van der Waals surface area contributed by atoms with Gasteiger partial charge in [-0.05, 0) is 23.8 Å². The fourth-order valence-electron chi connectivity index (χ4n) is 2.12. The fourth-order valence-corrected chi connectivity index (χ4v) is 3.51. The van der Waals surface area contributed by atoms with E-state index < -0.39 is 0 Å². The van der Waals surface area contributed by atoms with Gasteiger partial charge in [0, 0.05) is 21.6 Å². The maximum absolute atomic E-state index is 12.0. The average Bonchev–Trinajstić information content (AvgIpc) is 2.57. The largest absolute Gasteiger partial charge is 0.325 e. The molecule has 1 N–H and O–H groups in total. The lowest BCUT2D eigenvalue weighted by atomic mass is 10.1. The molecule has 0 aromatic heterocycles. The number of anilines is 1. The van der Waals surface area contributed by atoms with E-state index in [2.05, 4.69) is 17.4 Å². The minimum absolute atomic E-state index is 0.0300. The number of benzene rings is 2. The van der Waals surface area contributed by atoms with Gasteiger partial charge in [-0.2, -0.15) is 0 Å². The summed E-state index contributed by atoms with van der Waals surface area (Å²) < 4.78 is 0. The van der Waals surface area contributed by atoms with Crippen LogP contribution in [0.25, 0.3) is 0 Å². The maximum Gasteiger partial charge on any atom is 0.225 e. The first kappa shape index (κ1) is 12.6. The molecule has 0 saturated carbocycles. The monoisotopic (exact) mass is 289 g/mol. The van der Waals surface area contributed by atoms with E-state index in [-0.39, 0.29) is 11.2 Å². The minimum Gasteiger partial charge on any atom is -0.325 e. The van der Waals surface area contributed by atoms with Gasteiger partial charge in [0.2, 0.25) is 5.91 Å². The predicted molar refractivity (Wildman–Crippen MR) is 79.7 cm³/mol. The van der Waals surface area contributed by atoms with Crippen LogP contribution in [-0.2, 0) is 4.79 Å². The van der Waals surface area contributed by atoms with Crippen LogP contribution in [0.1, 0.15) is 17.2 Å². The standard InChI is InChI=1S/C15H12ClNOS/c16-11-6-7-13-12(8-11)17-15(18)9-14(19-13)10-4-2-1-3-5-10/h1-8,14H,9H2,(H,17,18). The summed E-state index contributed by atoms with van der Waals surface area (Å²) in [4.78, 5) is 13.0. The maximum atomic E-state index is 12.0. The van der Waals surface area contributed by atoms with E-state index in [1.807, 2.05) is 30.3 Å². The molecule has 4 heteroatoms. The third-order valence-corrected chi connectivity index (χ3v) is 4.60. The third-order valence-electron chi connectivity index (χ3n) is 3.03. The molecular weight excluding hydrogens is 278 g/mol. The lowest BCUT2D eigenvalue weighted by Crippen LogP contribution is -2.11. The molecule has 0 spiro atoms. The topological polar surface area (TPSA) is 29.1 Å². The molecule has 0 bridgehead atoms. The number of rotatable bonds is 1. The van der Waals surface area contributed by atoms with Gasteiger partial charge in [-0.25, -0.2) is 0 Å². The highest BCUT2D eigenvalue weighted by atomic mass is 35.5. The van der Waals surface area contributed by atoms with Crippen LogP contribution in [-0.4, -0.2) is 5.91 Å². The highest BCUT2D eigenvalue weighted by Crippen LogP contribution is 2.44. The Morgan fingerprint density at radius 3 is 2.74 bits per heavy atom. The second-order valence-electron chi connectivity index (χ2n) is 4.41. The molecule has 96 valence electrons. The van der Waals surface area contributed by atoms with Crippen LogP contribution in [0.4, 0.5) is 5.69 Å². The van der Waals surface area contributed by atoms with Crippen LogP contribution >= 0.6 is 23.4 Å². The van der Waals surface area contributed by atoms with Gasteiger partial charge < -0.3 is 5.32 Å². The van der Waals surface area contributed by atoms with Gasteiger partial charge in [-0.3, -0.25) is 4.79 Å². The molecule has 1 amide bonds. The van der Waals surface area contributed by atoms with Gasteiger partial charge in [0.1, 0.15) is 0 Å². The highest BCUT2D eigenvalue weighted by molar-refractivity contribution is 7.99. The number of hydrogen-bond donors (Lipinski definition) is 1. The van der Waals surface area contributed by atoms with Gasteiger partial charge in [-0.15, -0.1) is 11.8 Å². The number of amides is 1. The van der Waals surface area contributed by atoms with Crippen molar-refractivity contribution in [1.29, 1.82) is 0 Å². The zero-order valence-corrected chi connectivity index (χ0v) is 11.7. The van der Waals surface area contributed by atoms with Crippen molar-refractivity contribution in [2.45, 2.75) is 16.6 Å². The molecule has 3 rings (SSSR count). The summed E-state index contributed by atoms with van der Waals surface area (Å²) in [6, 6.07) is 15.7. The number of nitrogens with one attached hydrogen (secondary N) is 1. The first-order chi connectivity index (χ1) is 9.22. The van der Waals surface area contributed by atoms with Gasteiger partial charge in [0.25, 0.3) is 0 Å². The summed E-state index contributed by atoms with van der Waals surface area (Å²) >= 11 is 7.67. The first-order valence-corrected chi connectivity index (χ1v) is 7.29. The summed E-state index contributed by atoms with van der Waals surface area (Å²) in [6.07, 6.45) is 0.473. The molecule has 0 fully saturated rings. The zero-order valence-electron chi connectivity index (χ0n) is 10.1. The molecule has 0 radical (unpaired) electrons. The molecule has 2 nitrogen and oxygen atoms in total. The molecule has 1 aliphatic rings. The van der Waals surface area contributed by atoms with E-state index in [0.29, 0.717) is 11.4 Å². The SMILES string of the molecule is O=C1CC(c2ccccc2)Sc2ccc(Cl)cc2N1. The molecule has 2 aromatic rings. The van der Waals surface area contributed by atoms with Crippen molar-refractivity contribution in [3.8, 4) is 0 Å². The van der Waals surface area contributed by atoms with Crippen LogP contribution < -0.4 is 5.32 Å². The first-order valence-electron chi connectivity index (χ1n) is 6.03. The van der Waals surface area contributed by atoms with Crippen molar-refractivity contribution in [3.63, 3.8) is 0 Å². The summed E-state index contributed by atoms with van der Waals surface area (Å²) in [5, 5.41) is 3.70. The molecule has 0 aliphatic carbocycles. The van der Waals surface area contributed by atoms with Gasteiger partial charge in [-0.1, -0.05) is 41.9 Å². The van der Waals surface area contributed by atoms with Crippen LogP contribution in [0.2, 0.25) is 5.02 Å². The van der Waals surface area contributed by atoms with E-state index >= 15 is 0 Å². The Bertz CT molecular complexity index is 615. The Balaban J connectivity index is 1.98. The van der Waals surface area contributed by atoms with E-state index in [0.717, 1.165) is 10.6 Å². The average molecular weight is 290 g/mol. The van der Waals surface area contributed by atoms with Crippen molar-refractivity contribution in [3.05, 3.63) is 59.1 Å². The van der Waals surface area contributed by atoms with Crippen molar-refractivity contribution in [2.75, 3.05) is 5.32 Å². The quantitative estimate of drug-likeness (QED) is 0.836. The van der Waals surface area contributed by atoms with Gasteiger partial charge in [0.15, 0.2) is 0 Å². The number of fused-ring (bicyclic) bond motifs is 1. The van der Waals surface area contributed by atoms with Crippen LogP contribution in [0, 0.1) is 0 Å². The lowest BCUT2D eigenvalue weighted by Gasteiger charge is -2.13. The Kier molecular flexibility index (Phi) is 3.49. The van der Waals surface area contributed by atoms with E-state index in [4.69, 9.17) is 11.6 Å². The Morgan fingerprint density at radius 2 is 1.95 bits per heavy atom. The molecule has 2 aromatic carbocycles. The molecule has 1 unspecified atom stereocenters. The van der Waals surface area contributed by atoms with Crippen molar-refractivity contribution < 1.29 is 4.79 Å². The highest BCUT2D eigenvalue weighted by Gasteiger charge is 2.23. The Morgan fingerprint density at radius 1 is 1.16 bits per heavy atom. The van der Waals surface area contributed by atoms with E-state index in [9.17, 15) is 4.79 Å². The fraction of sp³-hybridized carbons (Fsp3) is 0.133. The Hall–Kier alpha value is -1.45. The Labute approximate surface area is 121 Å². The third kappa shape index (κ3) is 2.77. The number of carbonyl (C=O) groups is 1. The number of halogens is 1. The van der Waals surface area contributed by atoms with Crippen molar-refractivity contribution >= 4 is 35.0 Å². The second-order valence-corrected chi connectivity index (χ2v) is 6.09. The van der Waals surface area contributed by atoms with Crippen molar-refractivity contribution in [1.82, 2.24) is 0 Å². The number of hydrogen-bond acceptors (Lipinski definition) is 2.